The maximum atomic E-state index is 12.6. The van der Waals surface area contributed by atoms with Gasteiger partial charge in [-0.2, -0.15) is 0 Å². The van der Waals surface area contributed by atoms with Gasteiger partial charge in [-0.15, -0.1) is 0 Å². The van der Waals surface area contributed by atoms with Crippen LogP contribution in [0, 0.1) is 13.8 Å². The minimum absolute atomic E-state index is 0.0838. The predicted octanol–water partition coefficient (Wildman–Crippen LogP) is 2.57. The van der Waals surface area contributed by atoms with Crippen LogP contribution in [0.25, 0.3) is 0 Å². The lowest BCUT2D eigenvalue weighted by molar-refractivity contribution is 0.102. The fraction of sp³-hybridized carbons (Fsp3) is 0.368. The maximum Gasteiger partial charge on any atom is 0.257 e. The number of hydrogen-bond acceptors (Lipinski definition) is 5. The number of carbonyl (C=O) groups is 1. The monoisotopic (exact) mass is 373 g/mol. The number of anilines is 2. The van der Waals surface area contributed by atoms with Crippen molar-refractivity contribution in [2.75, 3.05) is 28.8 Å². The smallest absolute Gasteiger partial charge is 0.257 e. The van der Waals surface area contributed by atoms with E-state index in [9.17, 15) is 13.2 Å². The molecule has 3 rings (SSSR count). The molecule has 0 saturated carbocycles. The Hall–Kier alpha value is -2.41. The van der Waals surface area contributed by atoms with Crippen molar-refractivity contribution in [1.82, 2.24) is 4.98 Å². The molecule has 1 aliphatic rings. The first-order valence-electron chi connectivity index (χ1n) is 8.52. The third kappa shape index (κ3) is 4.04. The number of hydrogen-bond donors (Lipinski definition) is 1. The van der Waals surface area contributed by atoms with Gasteiger partial charge in [0.05, 0.1) is 29.0 Å². The number of pyridine rings is 1. The lowest BCUT2D eigenvalue weighted by Gasteiger charge is -2.25. The van der Waals surface area contributed by atoms with E-state index in [2.05, 4.69) is 10.3 Å². The highest BCUT2D eigenvalue weighted by Crippen LogP contribution is 2.23. The summed E-state index contributed by atoms with van der Waals surface area (Å²) in [5.41, 5.74) is 4.07. The third-order valence-corrected chi connectivity index (χ3v) is 6.53. The van der Waals surface area contributed by atoms with Crippen LogP contribution in [0.1, 0.15) is 27.9 Å². The molecule has 1 aromatic heterocycles. The summed E-state index contributed by atoms with van der Waals surface area (Å²) in [5.74, 6) is 0.115. The van der Waals surface area contributed by atoms with Crippen LogP contribution in [-0.2, 0) is 9.84 Å². The van der Waals surface area contributed by atoms with E-state index in [1.165, 1.54) is 6.20 Å². The third-order valence-electron chi connectivity index (χ3n) is 4.78. The van der Waals surface area contributed by atoms with Gasteiger partial charge in [0.15, 0.2) is 9.84 Å². The molecule has 0 aliphatic carbocycles. The molecular weight excluding hydrogens is 350 g/mol. The maximum absolute atomic E-state index is 12.6. The minimum atomic E-state index is -2.97. The molecule has 1 unspecified atom stereocenters. The van der Waals surface area contributed by atoms with Crippen molar-refractivity contribution in [1.29, 1.82) is 0 Å². The Bertz CT molecular complexity index is 941. The predicted molar refractivity (Wildman–Crippen MR) is 104 cm³/mol. The molecule has 1 fully saturated rings. The van der Waals surface area contributed by atoms with Crippen molar-refractivity contribution in [2.45, 2.75) is 26.3 Å². The van der Waals surface area contributed by atoms with E-state index in [0.717, 1.165) is 22.5 Å². The topological polar surface area (TPSA) is 79.4 Å². The molecule has 1 aliphatic heterocycles. The van der Waals surface area contributed by atoms with Crippen LogP contribution in [0.15, 0.2) is 36.7 Å². The van der Waals surface area contributed by atoms with Gasteiger partial charge in [0.1, 0.15) is 0 Å². The molecule has 1 amide bonds. The number of aromatic nitrogens is 1. The highest BCUT2D eigenvalue weighted by Gasteiger charge is 2.31. The van der Waals surface area contributed by atoms with Gasteiger partial charge in [0.25, 0.3) is 5.91 Å². The number of benzene rings is 1. The Morgan fingerprint density at radius 1 is 1.23 bits per heavy atom. The molecule has 138 valence electrons. The van der Waals surface area contributed by atoms with E-state index in [1.807, 2.05) is 44.0 Å². The van der Waals surface area contributed by atoms with Crippen molar-refractivity contribution in [3.8, 4) is 0 Å². The second kappa shape index (κ2) is 7.07. The van der Waals surface area contributed by atoms with Crippen LogP contribution in [-0.4, -0.2) is 43.9 Å². The summed E-state index contributed by atoms with van der Waals surface area (Å²) in [6.07, 6.45) is 3.76. The van der Waals surface area contributed by atoms with E-state index in [4.69, 9.17) is 0 Å². The Kier molecular flexibility index (Phi) is 5.00. The van der Waals surface area contributed by atoms with Crippen LogP contribution < -0.4 is 10.2 Å². The standard InChI is InChI=1S/C19H23N3O3S/c1-13-4-5-18(14(2)8-13)21-19(23)15-9-17(11-20-10-15)22(3)16-6-7-26(24,25)12-16/h4-5,8-11,16H,6-7,12H2,1-3H3,(H,21,23). The lowest BCUT2D eigenvalue weighted by Crippen LogP contribution is -2.32. The molecule has 0 bridgehead atoms. The number of amides is 1. The number of carbonyl (C=O) groups excluding carboxylic acids is 1. The average Bonchev–Trinajstić information content (AvgIpc) is 2.96. The molecule has 0 radical (unpaired) electrons. The first kappa shape index (κ1) is 18.4. The highest BCUT2D eigenvalue weighted by molar-refractivity contribution is 7.91. The van der Waals surface area contributed by atoms with Crippen molar-refractivity contribution in [3.63, 3.8) is 0 Å². The molecule has 26 heavy (non-hydrogen) atoms. The van der Waals surface area contributed by atoms with Gasteiger partial charge in [0, 0.05) is 25.0 Å². The number of nitrogens with one attached hydrogen (secondary N) is 1. The van der Waals surface area contributed by atoms with E-state index in [1.54, 1.807) is 12.3 Å². The molecule has 1 saturated heterocycles. The highest BCUT2D eigenvalue weighted by atomic mass is 32.2. The summed E-state index contributed by atoms with van der Waals surface area (Å²) in [5, 5.41) is 2.91. The van der Waals surface area contributed by atoms with E-state index in [-0.39, 0.29) is 23.5 Å². The second-order valence-electron chi connectivity index (χ2n) is 6.87. The Morgan fingerprint density at radius 3 is 2.65 bits per heavy atom. The molecule has 7 heteroatoms. The quantitative estimate of drug-likeness (QED) is 0.891. The molecule has 0 spiro atoms. The largest absolute Gasteiger partial charge is 0.369 e. The zero-order valence-electron chi connectivity index (χ0n) is 15.2. The van der Waals surface area contributed by atoms with Crippen LogP contribution in [0.5, 0.6) is 0 Å². The Balaban J connectivity index is 1.77. The summed E-state index contributed by atoms with van der Waals surface area (Å²) < 4.78 is 23.4. The number of sulfone groups is 1. The SMILES string of the molecule is Cc1ccc(NC(=O)c2cncc(N(C)C3CCS(=O)(=O)C3)c2)c(C)c1. The van der Waals surface area contributed by atoms with E-state index < -0.39 is 9.84 Å². The zero-order valence-corrected chi connectivity index (χ0v) is 16.0. The van der Waals surface area contributed by atoms with Crippen molar-refractivity contribution in [2.24, 2.45) is 0 Å². The second-order valence-corrected chi connectivity index (χ2v) is 9.10. The average molecular weight is 373 g/mol. The van der Waals surface area contributed by atoms with Crippen molar-refractivity contribution < 1.29 is 13.2 Å². The summed E-state index contributed by atoms with van der Waals surface area (Å²) in [7, 11) is -1.12. The summed E-state index contributed by atoms with van der Waals surface area (Å²) in [4.78, 5) is 18.6. The molecule has 1 aromatic carbocycles. The van der Waals surface area contributed by atoms with Gasteiger partial charge in [-0.1, -0.05) is 17.7 Å². The Labute approximate surface area is 154 Å². The van der Waals surface area contributed by atoms with E-state index in [0.29, 0.717) is 12.0 Å². The summed E-state index contributed by atoms with van der Waals surface area (Å²) in [6, 6.07) is 7.51. The van der Waals surface area contributed by atoms with Gasteiger partial charge in [0.2, 0.25) is 0 Å². The molecule has 6 nitrogen and oxygen atoms in total. The van der Waals surface area contributed by atoms with Crippen LogP contribution in [0.2, 0.25) is 0 Å². The van der Waals surface area contributed by atoms with Gasteiger partial charge in [-0.05, 0) is 38.0 Å². The van der Waals surface area contributed by atoms with Crippen molar-refractivity contribution in [3.05, 3.63) is 53.3 Å². The molecular formula is C19H23N3O3S. The van der Waals surface area contributed by atoms with Gasteiger partial charge in [-0.3, -0.25) is 9.78 Å². The lowest BCUT2D eigenvalue weighted by atomic mass is 10.1. The van der Waals surface area contributed by atoms with Gasteiger partial charge in [-0.25, -0.2) is 8.42 Å². The number of aryl methyl sites for hydroxylation is 2. The number of nitrogens with zero attached hydrogens (tertiary/aromatic N) is 2. The number of rotatable bonds is 4. The van der Waals surface area contributed by atoms with Crippen LogP contribution in [0.4, 0.5) is 11.4 Å². The molecule has 1 N–H and O–H groups in total. The zero-order chi connectivity index (χ0) is 18.9. The van der Waals surface area contributed by atoms with E-state index >= 15 is 0 Å². The van der Waals surface area contributed by atoms with Gasteiger partial charge < -0.3 is 10.2 Å². The Morgan fingerprint density at radius 2 is 2.00 bits per heavy atom. The van der Waals surface area contributed by atoms with Crippen molar-refractivity contribution >= 4 is 27.1 Å². The fourth-order valence-electron chi connectivity index (χ4n) is 3.18. The fourth-order valence-corrected chi connectivity index (χ4v) is 4.96. The molecule has 2 heterocycles. The van der Waals surface area contributed by atoms with Gasteiger partial charge >= 0.3 is 0 Å². The molecule has 1 atom stereocenters. The summed E-state index contributed by atoms with van der Waals surface area (Å²) >= 11 is 0. The first-order valence-corrected chi connectivity index (χ1v) is 10.3. The summed E-state index contributed by atoms with van der Waals surface area (Å²) in [6.45, 7) is 3.96. The van der Waals surface area contributed by atoms with Crippen LogP contribution in [0.3, 0.4) is 0 Å². The molecule has 2 aromatic rings. The minimum Gasteiger partial charge on any atom is -0.369 e. The van der Waals surface area contributed by atoms with Crippen LogP contribution >= 0.6 is 0 Å². The first-order chi connectivity index (χ1) is 12.2. The normalized spacial score (nSPS) is 18.5.